The maximum absolute atomic E-state index is 11.0. The van der Waals surface area contributed by atoms with E-state index in [1.54, 1.807) is 0 Å². The van der Waals surface area contributed by atoms with Gasteiger partial charge in [-0.1, -0.05) is 31.9 Å². The van der Waals surface area contributed by atoms with Crippen LogP contribution in [-0.4, -0.2) is 23.5 Å². The second kappa shape index (κ2) is 9.96. The molecule has 0 spiro atoms. The molecule has 0 aliphatic rings. The van der Waals surface area contributed by atoms with Crippen molar-refractivity contribution in [2.45, 2.75) is 32.6 Å². The average molecular weight is 225 g/mol. The monoisotopic (exact) mass is 225 g/mol. The Morgan fingerprint density at radius 3 is 2.50 bits per heavy atom. The molecule has 4 nitrogen and oxygen atoms in total. The lowest BCUT2D eigenvalue weighted by molar-refractivity contribution is -0.131. The van der Waals surface area contributed by atoms with E-state index in [0.717, 1.165) is 25.0 Å². The molecular formula is C12H19NO3. The number of hydrogen-bond donors (Lipinski definition) is 2. The normalized spacial score (nSPS) is 11.1. The predicted octanol–water partition coefficient (Wildman–Crippen LogP) is 1.88. The second-order valence-electron chi connectivity index (χ2n) is 3.36. The second-order valence-corrected chi connectivity index (χ2v) is 3.36. The number of unbranched alkanes of at least 4 members (excludes halogenated alkanes) is 2. The van der Waals surface area contributed by atoms with Gasteiger partial charge in [-0.15, -0.1) is 0 Å². The van der Waals surface area contributed by atoms with Crippen LogP contribution in [0.15, 0.2) is 24.3 Å². The Kier molecular flexibility index (Phi) is 8.97. The number of aliphatic carboxylic acids is 1. The number of allylic oxidation sites excluding steroid dienone is 1. The zero-order chi connectivity index (χ0) is 12.2. The van der Waals surface area contributed by atoms with E-state index >= 15 is 0 Å². The fourth-order valence-electron chi connectivity index (χ4n) is 1.04. The molecule has 0 aromatic carbocycles. The largest absolute Gasteiger partial charge is 0.478 e. The summed E-state index contributed by atoms with van der Waals surface area (Å²) in [5, 5.41) is 10.9. The smallest absolute Gasteiger partial charge is 0.328 e. The molecule has 0 heterocycles. The molecule has 90 valence electrons. The third-order valence-electron chi connectivity index (χ3n) is 1.88. The van der Waals surface area contributed by atoms with Crippen LogP contribution in [0.2, 0.25) is 0 Å². The van der Waals surface area contributed by atoms with E-state index < -0.39 is 5.97 Å². The van der Waals surface area contributed by atoms with Gasteiger partial charge in [-0.05, 0) is 12.8 Å². The van der Waals surface area contributed by atoms with Crippen molar-refractivity contribution in [2.75, 3.05) is 6.54 Å². The number of carbonyl (C=O) groups excluding carboxylic acids is 1. The molecule has 0 saturated heterocycles. The highest BCUT2D eigenvalue weighted by molar-refractivity contribution is 5.93. The molecule has 0 saturated carbocycles. The fraction of sp³-hybridized carbons (Fsp3) is 0.500. The summed E-state index contributed by atoms with van der Waals surface area (Å²) in [5.74, 6) is -1.49. The lowest BCUT2D eigenvalue weighted by Crippen LogP contribution is -2.21. The molecule has 1 amide bonds. The van der Waals surface area contributed by atoms with E-state index in [-0.39, 0.29) is 5.91 Å². The molecular weight excluding hydrogens is 206 g/mol. The van der Waals surface area contributed by atoms with Gasteiger partial charge >= 0.3 is 5.97 Å². The first-order valence-corrected chi connectivity index (χ1v) is 5.50. The molecule has 4 heteroatoms. The van der Waals surface area contributed by atoms with E-state index in [1.165, 1.54) is 12.8 Å². The van der Waals surface area contributed by atoms with Crippen molar-refractivity contribution < 1.29 is 14.7 Å². The quantitative estimate of drug-likeness (QED) is 0.376. The lowest BCUT2D eigenvalue weighted by atomic mass is 10.2. The van der Waals surface area contributed by atoms with Crippen molar-refractivity contribution in [3.8, 4) is 0 Å². The first kappa shape index (κ1) is 14.4. The molecule has 0 aromatic rings. The van der Waals surface area contributed by atoms with Crippen molar-refractivity contribution in [3.63, 3.8) is 0 Å². The molecule has 0 fully saturated rings. The summed E-state index contributed by atoms with van der Waals surface area (Å²) in [4.78, 5) is 21.1. The topological polar surface area (TPSA) is 66.4 Å². The van der Waals surface area contributed by atoms with Gasteiger partial charge in [-0.3, -0.25) is 4.79 Å². The fourth-order valence-corrected chi connectivity index (χ4v) is 1.04. The van der Waals surface area contributed by atoms with Crippen LogP contribution in [0.5, 0.6) is 0 Å². The zero-order valence-corrected chi connectivity index (χ0v) is 9.61. The SMILES string of the molecule is CCCC/C=C/CCNC(=O)/C=C/C(=O)O. The lowest BCUT2D eigenvalue weighted by Gasteiger charge is -1.97. The molecule has 16 heavy (non-hydrogen) atoms. The van der Waals surface area contributed by atoms with Crippen LogP contribution in [0.25, 0.3) is 0 Å². The molecule has 0 aliphatic heterocycles. The molecule has 0 radical (unpaired) electrons. The van der Waals surface area contributed by atoms with Crippen LogP contribution in [0.3, 0.4) is 0 Å². The summed E-state index contributed by atoms with van der Waals surface area (Å²) in [7, 11) is 0. The third-order valence-corrected chi connectivity index (χ3v) is 1.88. The molecule has 0 aliphatic carbocycles. The van der Waals surface area contributed by atoms with Gasteiger partial charge in [0.25, 0.3) is 0 Å². The number of hydrogen-bond acceptors (Lipinski definition) is 2. The number of carbonyl (C=O) groups is 2. The Morgan fingerprint density at radius 1 is 1.19 bits per heavy atom. The van der Waals surface area contributed by atoms with Crippen LogP contribution in [0, 0.1) is 0 Å². The number of amides is 1. The maximum atomic E-state index is 11.0. The average Bonchev–Trinajstić information content (AvgIpc) is 2.25. The zero-order valence-electron chi connectivity index (χ0n) is 9.61. The van der Waals surface area contributed by atoms with Crippen molar-refractivity contribution in [1.82, 2.24) is 5.32 Å². The number of carboxylic acid groups (broad SMARTS) is 1. The maximum Gasteiger partial charge on any atom is 0.328 e. The number of carboxylic acids is 1. The van der Waals surface area contributed by atoms with Gasteiger partial charge in [-0.25, -0.2) is 4.79 Å². The van der Waals surface area contributed by atoms with Crippen LogP contribution >= 0.6 is 0 Å². The van der Waals surface area contributed by atoms with Crippen LogP contribution in [0.1, 0.15) is 32.6 Å². The van der Waals surface area contributed by atoms with E-state index in [0.29, 0.717) is 6.54 Å². The minimum absolute atomic E-state index is 0.371. The molecule has 0 rings (SSSR count). The van der Waals surface area contributed by atoms with Crippen LogP contribution in [-0.2, 0) is 9.59 Å². The minimum Gasteiger partial charge on any atom is -0.478 e. The summed E-state index contributed by atoms with van der Waals surface area (Å²) >= 11 is 0. The Bertz CT molecular complexity index is 269. The van der Waals surface area contributed by atoms with Gasteiger partial charge in [0.2, 0.25) is 5.91 Å². The molecule has 0 bridgehead atoms. The van der Waals surface area contributed by atoms with Crippen molar-refractivity contribution >= 4 is 11.9 Å². The highest BCUT2D eigenvalue weighted by Crippen LogP contribution is 1.95. The Morgan fingerprint density at radius 2 is 1.88 bits per heavy atom. The number of nitrogens with one attached hydrogen (secondary N) is 1. The molecule has 0 unspecified atom stereocenters. The summed E-state index contributed by atoms with van der Waals surface area (Å²) in [6.45, 7) is 2.67. The third kappa shape index (κ3) is 10.5. The molecule has 2 N–H and O–H groups in total. The van der Waals surface area contributed by atoms with Crippen LogP contribution < -0.4 is 5.32 Å². The molecule has 0 atom stereocenters. The van der Waals surface area contributed by atoms with Gasteiger partial charge in [0.1, 0.15) is 0 Å². The first-order chi connectivity index (χ1) is 7.66. The van der Waals surface area contributed by atoms with Crippen LogP contribution in [0.4, 0.5) is 0 Å². The van der Waals surface area contributed by atoms with E-state index in [2.05, 4.69) is 18.3 Å². The highest BCUT2D eigenvalue weighted by Gasteiger charge is 1.94. The van der Waals surface area contributed by atoms with E-state index in [4.69, 9.17) is 5.11 Å². The minimum atomic E-state index is -1.12. The predicted molar refractivity (Wildman–Crippen MR) is 63.1 cm³/mol. The van der Waals surface area contributed by atoms with Gasteiger partial charge in [-0.2, -0.15) is 0 Å². The van der Waals surface area contributed by atoms with Gasteiger partial charge in [0.15, 0.2) is 0 Å². The summed E-state index contributed by atoms with van der Waals surface area (Å²) in [6.07, 6.45) is 10.2. The summed E-state index contributed by atoms with van der Waals surface area (Å²) in [6, 6.07) is 0. The van der Waals surface area contributed by atoms with Gasteiger partial charge in [0.05, 0.1) is 0 Å². The summed E-state index contributed by atoms with van der Waals surface area (Å²) in [5.41, 5.74) is 0. The highest BCUT2D eigenvalue weighted by atomic mass is 16.4. The van der Waals surface area contributed by atoms with E-state index in [1.807, 2.05) is 6.08 Å². The first-order valence-electron chi connectivity index (χ1n) is 5.50. The molecule has 0 aromatic heterocycles. The van der Waals surface area contributed by atoms with Crippen molar-refractivity contribution in [1.29, 1.82) is 0 Å². The number of rotatable bonds is 8. The van der Waals surface area contributed by atoms with Crippen molar-refractivity contribution in [3.05, 3.63) is 24.3 Å². The van der Waals surface area contributed by atoms with Crippen molar-refractivity contribution in [2.24, 2.45) is 0 Å². The standard InChI is InChI=1S/C12H19NO3/c1-2-3-4-5-6-7-10-13-11(14)8-9-12(15)16/h5-6,8-9H,2-4,7,10H2,1H3,(H,13,14)(H,15,16)/b6-5+,9-8+. The van der Waals surface area contributed by atoms with E-state index in [9.17, 15) is 9.59 Å². The summed E-state index contributed by atoms with van der Waals surface area (Å²) < 4.78 is 0. The Labute approximate surface area is 96.0 Å². The Hall–Kier alpha value is -1.58. The van der Waals surface area contributed by atoms with Gasteiger partial charge in [0, 0.05) is 18.7 Å². The Balaban J connectivity index is 3.48. The van der Waals surface area contributed by atoms with Gasteiger partial charge < -0.3 is 10.4 Å².